The molecule has 3 N–H and O–H groups in total. The molecule has 18 heavy (non-hydrogen) atoms. The number of pyridine rings is 1. The van der Waals surface area contributed by atoms with Crippen molar-refractivity contribution in [1.29, 1.82) is 0 Å². The largest absolute Gasteiger partial charge is 0.393 e. The van der Waals surface area contributed by atoms with E-state index in [4.69, 9.17) is 17.3 Å². The number of imidazole rings is 1. The van der Waals surface area contributed by atoms with Crippen molar-refractivity contribution in [2.45, 2.75) is 37.8 Å². The minimum Gasteiger partial charge on any atom is -0.393 e. The van der Waals surface area contributed by atoms with Gasteiger partial charge in [0.25, 0.3) is 0 Å². The highest BCUT2D eigenvalue weighted by molar-refractivity contribution is 6.31. The number of aliphatic hydroxyl groups excluding tert-OH is 1. The minimum absolute atomic E-state index is 0.181. The first-order chi connectivity index (χ1) is 8.65. The van der Waals surface area contributed by atoms with Crippen molar-refractivity contribution in [1.82, 2.24) is 14.5 Å². The van der Waals surface area contributed by atoms with Gasteiger partial charge in [0.15, 0.2) is 5.65 Å². The van der Waals surface area contributed by atoms with Gasteiger partial charge >= 0.3 is 0 Å². The molecule has 1 saturated carbocycles. The van der Waals surface area contributed by atoms with Gasteiger partial charge in [-0.2, -0.15) is 0 Å². The number of hydrogen-bond acceptors (Lipinski definition) is 4. The molecule has 0 unspecified atom stereocenters. The Labute approximate surface area is 110 Å². The SMILES string of the molecule is Nc1nc2cc(Cl)cnc2n1C1CCC(O)CC1. The van der Waals surface area contributed by atoms with Crippen LogP contribution in [0.5, 0.6) is 0 Å². The fraction of sp³-hybridized carbons (Fsp3) is 0.500. The van der Waals surface area contributed by atoms with Gasteiger partial charge in [-0.25, -0.2) is 9.97 Å². The van der Waals surface area contributed by atoms with Gasteiger partial charge in [0, 0.05) is 12.2 Å². The molecule has 0 radical (unpaired) electrons. The number of nitrogen functional groups attached to an aromatic ring is 1. The second kappa shape index (κ2) is 4.40. The molecular formula is C12H15ClN4O. The maximum Gasteiger partial charge on any atom is 0.202 e. The highest BCUT2D eigenvalue weighted by atomic mass is 35.5. The maximum atomic E-state index is 9.55. The van der Waals surface area contributed by atoms with Crippen molar-refractivity contribution in [3.05, 3.63) is 17.3 Å². The molecule has 1 aliphatic carbocycles. The molecule has 2 aromatic rings. The zero-order valence-corrected chi connectivity index (χ0v) is 10.6. The van der Waals surface area contributed by atoms with Crippen LogP contribution in [0.25, 0.3) is 11.2 Å². The van der Waals surface area contributed by atoms with Gasteiger partial charge in [-0.3, -0.25) is 4.57 Å². The average Bonchev–Trinajstić information content (AvgIpc) is 2.65. The lowest BCUT2D eigenvalue weighted by Crippen LogP contribution is -2.22. The van der Waals surface area contributed by atoms with E-state index >= 15 is 0 Å². The van der Waals surface area contributed by atoms with Gasteiger partial charge in [0.05, 0.1) is 11.1 Å². The van der Waals surface area contributed by atoms with Crippen LogP contribution in [-0.2, 0) is 0 Å². The van der Waals surface area contributed by atoms with E-state index < -0.39 is 0 Å². The smallest absolute Gasteiger partial charge is 0.202 e. The molecule has 0 atom stereocenters. The van der Waals surface area contributed by atoms with Crippen molar-refractivity contribution >= 4 is 28.7 Å². The standard InChI is InChI=1S/C12H15ClN4O/c13-7-5-10-11(15-6-7)17(12(14)16-10)8-1-3-9(18)4-2-8/h5-6,8-9,18H,1-4H2,(H2,14,16). The van der Waals surface area contributed by atoms with Crippen molar-refractivity contribution in [2.75, 3.05) is 5.73 Å². The zero-order valence-electron chi connectivity index (χ0n) is 9.88. The number of aliphatic hydroxyl groups is 1. The number of halogens is 1. The van der Waals surface area contributed by atoms with Crippen molar-refractivity contribution in [3.8, 4) is 0 Å². The van der Waals surface area contributed by atoms with E-state index in [-0.39, 0.29) is 12.1 Å². The van der Waals surface area contributed by atoms with Crippen LogP contribution in [0.2, 0.25) is 5.02 Å². The van der Waals surface area contributed by atoms with E-state index in [1.54, 1.807) is 12.3 Å². The Morgan fingerprint density at radius 3 is 2.78 bits per heavy atom. The number of hydrogen-bond donors (Lipinski definition) is 2. The molecule has 0 spiro atoms. The number of aromatic nitrogens is 3. The quantitative estimate of drug-likeness (QED) is 0.829. The number of nitrogens with zero attached hydrogens (tertiary/aromatic N) is 3. The number of fused-ring (bicyclic) bond motifs is 1. The van der Waals surface area contributed by atoms with Crippen LogP contribution >= 0.6 is 11.6 Å². The lowest BCUT2D eigenvalue weighted by atomic mass is 9.93. The summed E-state index contributed by atoms with van der Waals surface area (Å²) in [5, 5.41) is 10.1. The summed E-state index contributed by atoms with van der Waals surface area (Å²) in [6, 6.07) is 2.04. The second-order valence-corrected chi connectivity index (χ2v) is 5.24. The fourth-order valence-corrected chi connectivity index (χ4v) is 2.80. The van der Waals surface area contributed by atoms with E-state index in [9.17, 15) is 5.11 Å². The maximum absolute atomic E-state index is 9.55. The molecule has 2 aromatic heterocycles. The van der Waals surface area contributed by atoms with Crippen LogP contribution in [0, 0.1) is 0 Å². The average molecular weight is 267 g/mol. The van der Waals surface area contributed by atoms with E-state index in [0.717, 1.165) is 36.8 Å². The molecular weight excluding hydrogens is 252 g/mol. The topological polar surface area (TPSA) is 77.0 Å². The van der Waals surface area contributed by atoms with Crippen molar-refractivity contribution in [2.24, 2.45) is 0 Å². The third-order valence-electron chi connectivity index (χ3n) is 3.56. The number of anilines is 1. The summed E-state index contributed by atoms with van der Waals surface area (Å²) in [5.41, 5.74) is 7.48. The second-order valence-electron chi connectivity index (χ2n) is 4.80. The molecule has 6 heteroatoms. The van der Waals surface area contributed by atoms with E-state index in [1.165, 1.54) is 0 Å². The monoisotopic (exact) mass is 266 g/mol. The summed E-state index contributed by atoms with van der Waals surface area (Å²) in [7, 11) is 0. The Morgan fingerprint density at radius 2 is 2.06 bits per heavy atom. The molecule has 96 valence electrons. The van der Waals surface area contributed by atoms with Gasteiger partial charge in [-0.15, -0.1) is 0 Å². The Kier molecular flexibility index (Phi) is 2.87. The fourth-order valence-electron chi connectivity index (χ4n) is 2.65. The minimum atomic E-state index is -0.181. The van der Waals surface area contributed by atoms with Gasteiger partial charge in [0.2, 0.25) is 5.95 Å². The molecule has 1 fully saturated rings. The van der Waals surface area contributed by atoms with Crippen LogP contribution < -0.4 is 5.73 Å². The molecule has 0 aliphatic heterocycles. The molecule has 0 bridgehead atoms. The summed E-state index contributed by atoms with van der Waals surface area (Å²) in [4.78, 5) is 8.62. The lowest BCUT2D eigenvalue weighted by Gasteiger charge is -2.27. The Balaban J connectivity index is 2.03. The van der Waals surface area contributed by atoms with Gasteiger partial charge in [-0.1, -0.05) is 11.6 Å². The predicted octanol–water partition coefficient (Wildman–Crippen LogP) is 2.14. The number of nitrogens with two attached hydrogens (primary N) is 1. The highest BCUT2D eigenvalue weighted by Crippen LogP contribution is 2.33. The predicted molar refractivity (Wildman–Crippen MR) is 70.5 cm³/mol. The first-order valence-electron chi connectivity index (χ1n) is 6.12. The molecule has 5 nitrogen and oxygen atoms in total. The van der Waals surface area contributed by atoms with Crippen LogP contribution in [0.1, 0.15) is 31.7 Å². The van der Waals surface area contributed by atoms with E-state index in [2.05, 4.69) is 9.97 Å². The van der Waals surface area contributed by atoms with Gasteiger partial charge in [0.1, 0.15) is 5.52 Å². The van der Waals surface area contributed by atoms with Crippen LogP contribution in [0.3, 0.4) is 0 Å². The molecule has 0 amide bonds. The highest BCUT2D eigenvalue weighted by Gasteiger charge is 2.24. The van der Waals surface area contributed by atoms with Crippen LogP contribution in [-0.4, -0.2) is 25.7 Å². The Morgan fingerprint density at radius 1 is 1.33 bits per heavy atom. The molecule has 0 aromatic carbocycles. The van der Waals surface area contributed by atoms with Crippen molar-refractivity contribution in [3.63, 3.8) is 0 Å². The van der Waals surface area contributed by atoms with Crippen molar-refractivity contribution < 1.29 is 5.11 Å². The van der Waals surface area contributed by atoms with Crippen LogP contribution in [0.15, 0.2) is 12.3 Å². The number of rotatable bonds is 1. The summed E-state index contributed by atoms with van der Waals surface area (Å²) in [6.07, 6.45) is 4.84. The summed E-state index contributed by atoms with van der Waals surface area (Å²) >= 11 is 5.90. The Bertz CT molecular complexity index is 575. The van der Waals surface area contributed by atoms with E-state index in [1.807, 2.05) is 4.57 Å². The molecule has 0 saturated heterocycles. The Hall–Kier alpha value is -1.33. The van der Waals surface area contributed by atoms with Gasteiger partial charge < -0.3 is 10.8 Å². The molecule has 1 aliphatic rings. The zero-order chi connectivity index (χ0) is 12.7. The summed E-state index contributed by atoms with van der Waals surface area (Å²) < 4.78 is 1.97. The third kappa shape index (κ3) is 1.93. The summed E-state index contributed by atoms with van der Waals surface area (Å²) in [6.45, 7) is 0. The summed E-state index contributed by atoms with van der Waals surface area (Å²) in [5.74, 6) is 0.473. The molecule has 2 heterocycles. The lowest BCUT2D eigenvalue weighted by molar-refractivity contribution is 0.112. The van der Waals surface area contributed by atoms with Crippen LogP contribution in [0.4, 0.5) is 5.95 Å². The third-order valence-corrected chi connectivity index (χ3v) is 3.76. The van der Waals surface area contributed by atoms with E-state index in [0.29, 0.717) is 11.0 Å². The molecule has 3 rings (SSSR count). The normalized spacial score (nSPS) is 24.6. The first kappa shape index (κ1) is 11.7. The van der Waals surface area contributed by atoms with Gasteiger partial charge in [-0.05, 0) is 31.7 Å². The first-order valence-corrected chi connectivity index (χ1v) is 6.50.